The van der Waals surface area contributed by atoms with Gasteiger partial charge in [0.1, 0.15) is 0 Å². The molecule has 0 bridgehead atoms. The molecule has 1 nitrogen and oxygen atoms in total. The smallest absolute Gasteiger partial charge is 0.191 e. The highest BCUT2D eigenvalue weighted by Gasteiger charge is 2.36. The second kappa shape index (κ2) is 7.37. The average Bonchev–Trinajstić information content (AvgIpc) is 2.15. The average molecular weight is 257 g/mol. The summed E-state index contributed by atoms with van der Waals surface area (Å²) < 4.78 is 6.16. The van der Waals surface area contributed by atoms with E-state index in [1.807, 2.05) is 0 Å². The van der Waals surface area contributed by atoms with Crippen LogP contribution >= 0.6 is 0 Å². The summed E-state index contributed by atoms with van der Waals surface area (Å²) in [5.74, 6) is 0. The number of hydrogen-bond donors (Lipinski definition) is 0. The molecule has 0 aliphatic carbocycles. The molecule has 0 aliphatic rings. The van der Waals surface area contributed by atoms with E-state index in [0.29, 0.717) is 5.04 Å². The quantitative estimate of drug-likeness (QED) is 0.330. The van der Waals surface area contributed by atoms with Crippen LogP contribution in [-0.2, 0) is 4.43 Å². The summed E-state index contributed by atoms with van der Waals surface area (Å²) in [5, 5.41) is 0.338. The van der Waals surface area contributed by atoms with Gasteiger partial charge in [-0.15, -0.1) is 0 Å². The molecule has 102 valence electrons. The molecule has 0 heterocycles. The SMILES string of the molecule is CC/C=C(\C)CCCCO[Si](C)(C)C(C)(C)C. The van der Waals surface area contributed by atoms with E-state index in [0.717, 1.165) is 13.0 Å². The highest BCUT2D eigenvalue weighted by atomic mass is 28.4. The summed E-state index contributed by atoms with van der Waals surface area (Å²) in [6, 6.07) is 0. The van der Waals surface area contributed by atoms with Crippen molar-refractivity contribution in [1.82, 2.24) is 0 Å². The first-order valence-corrected chi connectivity index (χ1v) is 9.91. The van der Waals surface area contributed by atoms with Crippen molar-refractivity contribution in [3.05, 3.63) is 11.6 Å². The number of rotatable bonds is 7. The molecule has 0 aliphatic heterocycles. The zero-order valence-corrected chi connectivity index (χ0v) is 14.0. The van der Waals surface area contributed by atoms with Crippen LogP contribution in [-0.4, -0.2) is 14.9 Å². The van der Waals surface area contributed by atoms with E-state index >= 15 is 0 Å². The topological polar surface area (TPSA) is 9.23 Å². The minimum absolute atomic E-state index is 0.338. The van der Waals surface area contributed by atoms with Crippen molar-refractivity contribution in [2.24, 2.45) is 0 Å². The van der Waals surface area contributed by atoms with Crippen molar-refractivity contribution in [3.8, 4) is 0 Å². The lowest BCUT2D eigenvalue weighted by Crippen LogP contribution is -2.40. The first kappa shape index (κ1) is 16.9. The Labute approximate surface area is 110 Å². The van der Waals surface area contributed by atoms with E-state index in [1.54, 1.807) is 0 Å². The van der Waals surface area contributed by atoms with Gasteiger partial charge in [0.2, 0.25) is 0 Å². The second-order valence-electron chi connectivity index (χ2n) is 6.52. The normalized spacial score (nSPS) is 14.2. The van der Waals surface area contributed by atoms with Crippen LogP contribution in [0.25, 0.3) is 0 Å². The molecule has 0 atom stereocenters. The van der Waals surface area contributed by atoms with E-state index in [4.69, 9.17) is 4.43 Å². The summed E-state index contributed by atoms with van der Waals surface area (Å²) >= 11 is 0. The molecular formula is C15H32OSi. The molecule has 0 aromatic rings. The first-order chi connectivity index (χ1) is 7.70. The Balaban J connectivity index is 3.76. The Bertz CT molecular complexity index is 236. The third-order valence-corrected chi connectivity index (χ3v) is 8.33. The van der Waals surface area contributed by atoms with Crippen molar-refractivity contribution in [2.75, 3.05) is 6.61 Å². The van der Waals surface area contributed by atoms with E-state index in [2.05, 4.69) is 53.8 Å². The van der Waals surface area contributed by atoms with Crippen molar-refractivity contribution in [3.63, 3.8) is 0 Å². The van der Waals surface area contributed by atoms with E-state index in [9.17, 15) is 0 Å². The molecule has 17 heavy (non-hydrogen) atoms. The van der Waals surface area contributed by atoms with Crippen LogP contribution in [0.3, 0.4) is 0 Å². The largest absolute Gasteiger partial charge is 0.417 e. The van der Waals surface area contributed by atoms with E-state index in [1.165, 1.54) is 24.8 Å². The standard InChI is InChI=1S/C15H32OSi/c1-8-11-14(2)12-9-10-13-16-17(6,7)15(3,4)5/h11H,8-10,12-13H2,1-7H3/b14-11+. The van der Waals surface area contributed by atoms with Crippen LogP contribution in [0.2, 0.25) is 18.1 Å². The van der Waals surface area contributed by atoms with Crippen molar-refractivity contribution < 1.29 is 4.43 Å². The number of allylic oxidation sites excluding steroid dienone is 2. The van der Waals surface area contributed by atoms with Gasteiger partial charge < -0.3 is 4.43 Å². The Morgan fingerprint density at radius 3 is 2.24 bits per heavy atom. The molecule has 0 rings (SSSR count). The van der Waals surface area contributed by atoms with Crippen LogP contribution in [0.15, 0.2) is 11.6 Å². The molecule has 0 unspecified atom stereocenters. The number of hydrogen-bond acceptors (Lipinski definition) is 1. The molecule has 0 saturated heterocycles. The Hall–Kier alpha value is -0.0831. The van der Waals surface area contributed by atoms with Gasteiger partial charge >= 0.3 is 0 Å². The van der Waals surface area contributed by atoms with Gasteiger partial charge in [0.25, 0.3) is 0 Å². The predicted octanol–water partition coefficient (Wildman–Crippen LogP) is 5.53. The maximum Gasteiger partial charge on any atom is 0.191 e. The van der Waals surface area contributed by atoms with Crippen LogP contribution in [0.1, 0.15) is 60.3 Å². The highest BCUT2D eigenvalue weighted by Crippen LogP contribution is 2.36. The fraction of sp³-hybridized carbons (Fsp3) is 0.867. The zero-order chi connectivity index (χ0) is 13.5. The van der Waals surface area contributed by atoms with Gasteiger partial charge in [0.05, 0.1) is 0 Å². The van der Waals surface area contributed by atoms with Crippen LogP contribution in [0.4, 0.5) is 0 Å². The fourth-order valence-corrected chi connectivity index (χ4v) is 2.59. The molecule has 2 heteroatoms. The lowest BCUT2D eigenvalue weighted by molar-refractivity contribution is 0.279. The Kier molecular flexibility index (Phi) is 7.34. The molecule has 0 N–H and O–H groups in total. The minimum atomic E-state index is -1.51. The van der Waals surface area contributed by atoms with Gasteiger partial charge in [-0.2, -0.15) is 0 Å². The third kappa shape index (κ3) is 7.05. The van der Waals surface area contributed by atoms with Gasteiger partial charge in [-0.3, -0.25) is 0 Å². The summed E-state index contributed by atoms with van der Waals surface area (Å²) in [4.78, 5) is 0. The molecule has 0 fully saturated rings. The summed E-state index contributed by atoms with van der Waals surface area (Å²) in [7, 11) is -1.51. The molecule has 0 radical (unpaired) electrons. The first-order valence-electron chi connectivity index (χ1n) is 7.00. The van der Waals surface area contributed by atoms with Gasteiger partial charge in [-0.05, 0) is 50.7 Å². The number of unbranched alkanes of at least 4 members (excludes halogenated alkanes) is 1. The zero-order valence-electron chi connectivity index (χ0n) is 13.0. The lowest BCUT2D eigenvalue weighted by atomic mass is 10.1. The monoisotopic (exact) mass is 256 g/mol. The van der Waals surface area contributed by atoms with Crippen molar-refractivity contribution in [1.29, 1.82) is 0 Å². The molecule has 0 aromatic carbocycles. The fourth-order valence-electron chi connectivity index (χ4n) is 1.50. The maximum absolute atomic E-state index is 6.16. The summed E-state index contributed by atoms with van der Waals surface area (Å²) in [6.07, 6.45) is 7.17. The highest BCUT2D eigenvalue weighted by molar-refractivity contribution is 6.74. The molecule has 0 saturated carbocycles. The van der Waals surface area contributed by atoms with Crippen LogP contribution < -0.4 is 0 Å². The van der Waals surface area contributed by atoms with E-state index in [-0.39, 0.29) is 0 Å². The predicted molar refractivity (Wildman–Crippen MR) is 81.0 cm³/mol. The Morgan fingerprint density at radius 1 is 1.18 bits per heavy atom. The van der Waals surface area contributed by atoms with Gasteiger partial charge in [-0.1, -0.05) is 39.3 Å². The molecule has 0 aromatic heterocycles. The molecule has 0 amide bonds. The minimum Gasteiger partial charge on any atom is -0.417 e. The third-order valence-electron chi connectivity index (χ3n) is 3.79. The van der Waals surface area contributed by atoms with Gasteiger partial charge in [0, 0.05) is 6.61 Å². The Morgan fingerprint density at radius 2 is 1.76 bits per heavy atom. The summed E-state index contributed by atoms with van der Waals surface area (Å²) in [6.45, 7) is 16.9. The molecular weight excluding hydrogens is 224 g/mol. The lowest BCUT2D eigenvalue weighted by Gasteiger charge is -2.36. The van der Waals surface area contributed by atoms with Crippen molar-refractivity contribution >= 4 is 8.32 Å². The van der Waals surface area contributed by atoms with Crippen LogP contribution in [0, 0.1) is 0 Å². The second-order valence-corrected chi connectivity index (χ2v) is 11.3. The summed E-state index contributed by atoms with van der Waals surface area (Å²) in [5.41, 5.74) is 1.53. The van der Waals surface area contributed by atoms with Gasteiger partial charge in [-0.25, -0.2) is 0 Å². The maximum atomic E-state index is 6.16. The van der Waals surface area contributed by atoms with Gasteiger partial charge in [0.15, 0.2) is 8.32 Å². The van der Waals surface area contributed by atoms with E-state index < -0.39 is 8.32 Å². The molecule has 0 spiro atoms. The van der Waals surface area contributed by atoms with Crippen molar-refractivity contribution in [2.45, 2.75) is 78.4 Å². The van der Waals surface area contributed by atoms with Crippen LogP contribution in [0.5, 0.6) is 0 Å².